The molecule has 8 rings (SSSR count). The average molecular weight is 716 g/mol. The molecule has 2 bridgehead atoms. The van der Waals surface area contributed by atoms with Gasteiger partial charge in [-0.05, 0) is 78.3 Å². The summed E-state index contributed by atoms with van der Waals surface area (Å²) in [5.74, 6) is -0.157. The van der Waals surface area contributed by atoms with Gasteiger partial charge in [-0.1, -0.05) is 63.6 Å². The number of nitrogens with two attached hydrogens (primary N) is 1. The van der Waals surface area contributed by atoms with Crippen LogP contribution in [0.15, 0.2) is 53.9 Å². The summed E-state index contributed by atoms with van der Waals surface area (Å²) in [5.41, 5.74) is 6.93. The van der Waals surface area contributed by atoms with Crippen LogP contribution >= 0.6 is 11.6 Å². The molecule has 12 nitrogen and oxygen atoms in total. The van der Waals surface area contributed by atoms with Gasteiger partial charge < -0.3 is 10.5 Å². The molecule has 3 aliphatic carbocycles. The molecule has 14 heteroatoms. The number of amides is 1. The van der Waals surface area contributed by atoms with Crippen molar-refractivity contribution in [2.24, 2.45) is 35.0 Å². The van der Waals surface area contributed by atoms with Gasteiger partial charge in [0.05, 0.1) is 22.8 Å². The SMILES string of the molecule is CC(C)CC(=O)OC[C@H](c1ccc(Cl)c(-c2ncnn2C)c1)N1C(=O)[C@@](CC(C)(C)C)(c2ccc(-c3cn(C45CC(C4)C5)nn3)c(F)c2)N=C1N. The fourth-order valence-electron chi connectivity index (χ4n) is 7.73. The van der Waals surface area contributed by atoms with Gasteiger partial charge in [-0.15, -0.1) is 5.10 Å². The Morgan fingerprint density at radius 1 is 1.14 bits per heavy atom. The van der Waals surface area contributed by atoms with Gasteiger partial charge in [0.1, 0.15) is 24.4 Å². The van der Waals surface area contributed by atoms with Crippen LogP contribution in [-0.2, 0) is 32.5 Å². The first-order chi connectivity index (χ1) is 24.1. The Morgan fingerprint density at radius 3 is 2.49 bits per heavy atom. The molecule has 0 saturated heterocycles. The largest absolute Gasteiger partial charge is 0.463 e. The van der Waals surface area contributed by atoms with Gasteiger partial charge in [-0.2, -0.15) is 5.10 Å². The lowest BCUT2D eigenvalue weighted by Gasteiger charge is -2.61. The number of halogens is 2. The lowest BCUT2D eigenvalue weighted by molar-refractivity contribution is -0.148. The van der Waals surface area contributed by atoms with Gasteiger partial charge in [-0.25, -0.2) is 23.7 Å². The smallest absolute Gasteiger partial charge is 0.306 e. The number of carbonyl (C=O) groups is 2. The molecule has 3 saturated carbocycles. The fraction of sp³-hybridized carbons (Fsp3) is 0.486. The first kappa shape index (κ1) is 34.8. The normalized spacial score (nSPS) is 23.2. The van der Waals surface area contributed by atoms with Gasteiger partial charge in [0.2, 0.25) is 0 Å². The molecule has 0 spiro atoms. The second kappa shape index (κ2) is 12.5. The Kier molecular flexibility index (Phi) is 8.55. The minimum Gasteiger partial charge on any atom is -0.463 e. The number of guanidine groups is 1. The molecular weight excluding hydrogens is 673 g/mol. The summed E-state index contributed by atoms with van der Waals surface area (Å²) in [7, 11) is 1.75. The highest BCUT2D eigenvalue weighted by Crippen LogP contribution is 2.62. The van der Waals surface area contributed by atoms with Gasteiger partial charge in [0.25, 0.3) is 5.91 Å². The van der Waals surface area contributed by atoms with E-state index in [-0.39, 0.29) is 42.4 Å². The lowest BCUT2D eigenvalue weighted by Crippen LogP contribution is -2.59. The molecule has 1 aliphatic heterocycles. The van der Waals surface area contributed by atoms with E-state index >= 15 is 9.18 Å². The third-order valence-corrected chi connectivity index (χ3v) is 10.6. The van der Waals surface area contributed by atoms with Gasteiger partial charge in [0, 0.05) is 24.6 Å². The number of ether oxygens (including phenoxy) is 1. The third kappa shape index (κ3) is 6.19. The van der Waals surface area contributed by atoms with Crippen LogP contribution in [0.2, 0.25) is 5.02 Å². The number of aryl methyl sites for hydroxylation is 1. The zero-order valence-electron chi connectivity index (χ0n) is 29.7. The molecule has 0 unspecified atom stereocenters. The highest BCUT2D eigenvalue weighted by Gasteiger charge is 2.59. The Morgan fingerprint density at radius 2 is 1.88 bits per heavy atom. The first-order valence-electron chi connectivity index (χ1n) is 17.3. The van der Waals surface area contributed by atoms with Crippen molar-refractivity contribution >= 4 is 29.4 Å². The molecule has 3 fully saturated rings. The summed E-state index contributed by atoms with van der Waals surface area (Å²) >= 11 is 6.63. The van der Waals surface area contributed by atoms with Crippen LogP contribution in [0.1, 0.15) is 83.9 Å². The van der Waals surface area contributed by atoms with E-state index in [0.717, 1.165) is 25.2 Å². The maximum atomic E-state index is 16.1. The van der Waals surface area contributed by atoms with E-state index in [1.54, 1.807) is 42.1 Å². The maximum Gasteiger partial charge on any atom is 0.306 e. The standard InChI is InChI=1S/C37H43ClFN9O3/c1-21(2)11-31(49)51-18-30(23-7-10-27(38)26(12-23)32-41-20-42-46(32)6)48-33(50)37(43-34(48)40,19-35(3,4)5)24-8-9-25(28(39)13-24)29-17-47(45-44-29)36-14-22(15-36)16-36/h7-10,12-13,17,20-22,30H,11,14-16,18-19H2,1-6H3,(H2,40,43)/t22?,30-,36?,37-/m1/s1. The zero-order chi connectivity index (χ0) is 36.5. The lowest BCUT2D eigenvalue weighted by atomic mass is 9.50. The zero-order valence-corrected chi connectivity index (χ0v) is 30.5. The molecule has 2 aromatic carbocycles. The minimum absolute atomic E-state index is 0.0217. The number of nitrogens with zero attached hydrogens (tertiary/aromatic N) is 8. The Bertz CT molecular complexity index is 2030. The fourth-order valence-corrected chi connectivity index (χ4v) is 7.93. The number of aliphatic imine (C=N–C) groups is 1. The van der Waals surface area contributed by atoms with E-state index in [4.69, 9.17) is 27.1 Å². The van der Waals surface area contributed by atoms with Crippen molar-refractivity contribution in [1.29, 1.82) is 0 Å². The number of hydrogen-bond acceptors (Lipinski definition) is 9. The number of aromatic nitrogens is 6. The van der Waals surface area contributed by atoms with E-state index in [1.807, 2.05) is 45.5 Å². The summed E-state index contributed by atoms with van der Waals surface area (Å²) < 4.78 is 25.4. The van der Waals surface area contributed by atoms with Crippen molar-refractivity contribution in [2.45, 2.75) is 83.8 Å². The first-order valence-corrected chi connectivity index (χ1v) is 17.7. The molecule has 51 heavy (non-hydrogen) atoms. The summed E-state index contributed by atoms with van der Waals surface area (Å²) in [6.45, 7) is 9.60. The Hall–Kier alpha value is -4.65. The molecule has 0 radical (unpaired) electrons. The van der Waals surface area contributed by atoms with Crippen molar-refractivity contribution in [3.63, 3.8) is 0 Å². The highest BCUT2D eigenvalue weighted by molar-refractivity contribution is 6.33. The molecule has 4 aliphatic rings. The molecule has 3 heterocycles. The predicted molar refractivity (Wildman–Crippen MR) is 190 cm³/mol. The second-order valence-corrected chi connectivity index (χ2v) is 16.3. The van der Waals surface area contributed by atoms with Crippen molar-refractivity contribution in [2.75, 3.05) is 6.61 Å². The van der Waals surface area contributed by atoms with E-state index in [0.29, 0.717) is 33.2 Å². The molecule has 268 valence electrons. The van der Waals surface area contributed by atoms with Crippen LogP contribution in [0.3, 0.4) is 0 Å². The number of rotatable bonds is 11. The minimum atomic E-state index is -1.57. The van der Waals surface area contributed by atoms with Crippen LogP contribution in [0, 0.1) is 23.1 Å². The summed E-state index contributed by atoms with van der Waals surface area (Å²) in [5, 5.41) is 13.2. The van der Waals surface area contributed by atoms with Crippen molar-refractivity contribution in [3.8, 4) is 22.6 Å². The second-order valence-electron chi connectivity index (χ2n) is 15.9. The summed E-state index contributed by atoms with van der Waals surface area (Å²) in [6.07, 6.45) is 6.90. The number of benzene rings is 2. The van der Waals surface area contributed by atoms with E-state index in [2.05, 4.69) is 20.4 Å². The quantitative estimate of drug-likeness (QED) is 0.182. The van der Waals surface area contributed by atoms with Gasteiger partial charge in [0.15, 0.2) is 17.3 Å². The summed E-state index contributed by atoms with van der Waals surface area (Å²) in [6, 6.07) is 9.04. The van der Waals surface area contributed by atoms with Crippen LogP contribution in [0.25, 0.3) is 22.6 Å². The maximum absolute atomic E-state index is 16.1. The predicted octanol–water partition coefficient (Wildman–Crippen LogP) is 6.16. The van der Waals surface area contributed by atoms with E-state index in [9.17, 15) is 4.79 Å². The van der Waals surface area contributed by atoms with E-state index in [1.165, 1.54) is 17.3 Å². The van der Waals surface area contributed by atoms with Crippen LogP contribution < -0.4 is 5.73 Å². The summed E-state index contributed by atoms with van der Waals surface area (Å²) in [4.78, 5) is 38.4. The number of carbonyl (C=O) groups excluding carboxylic acids is 2. The van der Waals surface area contributed by atoms with Crippen molar-refractivity contribution in [1.82, 2.24) is 34.7 Å². The average Bonchev–Trinajstić information content (AvgIpc) is 3.70. The molecule has 2 atom stereocenters. The van der Waals surface area contributed by atoms with Crippen LogP contribution in [0.4, 0.5) is 4.39 Å². The molecule has 2 N–H and O–H groups in total. The highest BCUT2D eigenvalue weighted by atomic mass is 35.5. The van der Waals surface area contributed by atoms with Crippen molar-refractivity contribution in [3.05, 3.63) is 70.9 Å². The molecule has 2 aromatic heterocycles. The van der Waals surface area contributed by atoms with E-state index < -0.39 is 34.7 Å². The monoisotopic (exact) mass is 715 g/mol. The van der Waals surface area contributed by atoms with Gasteiger partial charge >= 0.3 is 5.97 Å². The van der Waals surface area contributed by atoms with Crippen LogP contribution in [0.5, 0.6) is 0 Å². The number of esters is 1. The molecule has 1 amide bonds. The van der Waals surface area contributed by atoms with Gasteiger partial charge in [-0.3, -0.25) is 14.5 Å². The third-order valence-electron chi connectivity index (χ3n) is 10.2. The Balaban J connectivity index is 1.27. The topological polar surface area (TPSA) is 146 Å². The molecule has 4 aromatic rings. The number of hydrogen-bond donors (Lipinski definition) is 1. The Labute approximate surface area is 301 Å². The molecular formula is C37H43ClFN9O3. The van der Waals surface area contributed by atoms with Crippen LogP contribution in [-0.4, -0.2) is 59.1 Å². The van der Waals surface area contributed by atoms with Crippen molar-refractivity contribution < 1.29 is 18.7 Å².